The van der Waals surface area contributed by atoms with Gasteiger partial charge < -0.3 is 14.3 Å². The Hall–Kier alpha value is -3.08. The van der Waals surface area contributed by atoms with E-state index in [1.54, 1.807) is 18.6 Å². The van der Waals surface area contributed by atoms with E-state index in [4.69, 9.17) is 4.42 Å². The highest BCUT2D eigenvalue weighted by atomic mass is 16.3. The van der Waals surface area contributed by atoms with Crippen molar-refractivity contribution < 1.29 is 9.21 Å². The maximum Gasteiger partial charge on any atom is 0.248 e. The van der Waals surface area contributed by atoms with Crippen LogP contribution in [0, 0.1) is 6.92 Å². The van der Waals surface area contributed by atoms with Gasteiger partial charge in [-0.15, -0.1) is 0 Å². The number of amides is 1. The van der Waals surface area contributed by atoms with Gasteiger partial charge in [-0.05, 0) is 49.4 Å². The van der Waals surface area contributed by atoms with Gasteiger partial charge in [0.2, 0.25) is 5.91 Å². The zero-order valence-electron chi connectivity index (χ0n) is 12.1. The number of rotatable bonds is 4. The second-order valence-electron chi connectivity index (χ2n) is 4.79. The maximum absolute atomic E-state index is 11.9. The summed E-state index contributed by atoms with van der Waals surface area (Å²) in [6.45, 7) is 1.86. The van der Waals surface area contributed by atoms with E-state index < -0.39 is 0 Å². The minimum absolute atomic E-state index is 0.204. The largest absolute Gasteiger partial charge is 0.462 e. The van der Waals surface area contributed by atoms with E-state index in [0.29, 0.717) is 5.76 Å². The number of carbonyl (C=O) groups excluding carboxylic acids is 1. The van der Waals surface area contributed by atoms with Gasteiger partial charge in [-0.2, -0.15) is 0 Å². The van der Waals surface area contributed by atoms with E-state index in [-0.39, 0.29) is 5.91 Å². The van der Waals surface area contributed by atoms with Gasteiger partial charge in [0, 0.05) is 29.8 Å². The molecular formula is C17H15N3O2. The van der Waals surface area contributed by atoms with Gasteiger partial charge in [0.1, 0.15) is 11.5 Å². The highest BCUT2D eigenvalue weighted by molar-refractivity contribution is 6.01. The summed E-state index contributed by atoms with van der Waals surface area (Å²) in [5.74, 6) is 1.27. The number of nitrogens with zero attached hydrogens (tertiary/aromatic N) is 2. The SMILES string of the molecule is Cc1ccc(/C=C/C(=O)Nc2ccc(-n3ccnc3)cc2)o1. The summed E-state index contributed by atoms with van der Waals surface area (Å²) in [4.78, 5) is 15.9. The molecule has 3 aromatic rings. The fourth-order valence-electron chi connectivity index (χ4n) is 2.01. The van der Waals surface area contributed by atoms with Crippen LogP contribution in [0.3, 0.4) is 0 Å². The molecule has 22 heavy (non-hydrogen) atoms. The molecular weight excluding hydrogens is 278 g/mol. The van der Waals surface area contributed by atoms with Gasteiger partial charge in [-0.1, -0.05) is 0 Å². The Morgan fingerprint density at radius 1 is 1.23 bits per heavy atom. The Bertz CT molecular complexity index is 784. The Labute approximate surface area is 127 Å². The van der Waals surface area contributed by atoms with Crippen molar-refractivity contribution in [1.29, 1.82) is 0 Å². The monoisotopic (exact) mass is 293 g/mol. The first kappa shape index (κ1) is 13.9. The number of aryl methyl sites for hydroxylation is 1. The molecule has 0 radical (unpaired) electrons. The summed E-state index contributed by atoms with van der Waals surface area (Å²) < 4.78 is 7.26. The number of furan rings is 1. The standard InChI is InChI=1S/C17H15N3O2/c1-13-2-7-16(22-13)8-9-17(21)19-14-3-5-15(6-4-14)20-11-10-18-12-20/h2-12H,1H3,(H,19,21)/b9-8+. The molecule has 0 fully saturated rings. The number of anilines is 1. The lowest BCUT2D eigenvalue weighted by Gasteiger charge is -2.05. The second-order valence-corrected chi connectivity index (χ2v) is 4.79. The van der Waals surface area contributed by atoms with Crippen molar-refractivity contribution in [3.8, 4) is 5.69 Å². The third-order valence-electron chi connectivity index (χ3n) is 3.10. The van der Waals surface area contributed by atoms with Crippen molar-refractivity contribution in [2.45, 2.75) is 6.92 Å². The average molecular weight is 293 g/mol. The first-order valence-corrected chi connectivity index (χ1v) is 6.84. The Morgan fingerprint density at radius 3 is 2.68 bits per heavy atom. The second kappa shape index (κ2) is 6.13. The van der Waals surface area contributed by atoms with Crippen molar-refractivity contribution in [3.63, 3.8) is 0 Å². The lowest BCUT2D eigenvalue weighted by Crippen LogP contribution is -2.07. The van der Waals surface area contributed by atoms with Crippen molar-refractivity contribution in [1.82, 2.24) is 9.55 Å². The Balaban J connectivity index is 1.63. The predicted octanol–water partition coefficient (Wildman–Crippen LogP) is 3.43. The first-order valence-electron chi connectivity index (χ1n) is 6.84. The molecule has 0 spiro atoms. The van der Waals surface area contributed by atoms with Crippen LogP contribution in [0.4, 0.5) is 5.69 Å². The summed E-state index contributed by atoms with van der Waals surface area (Å²) in [6, 6.07) is 11.2. The molecule has 0 aliphatic carbocycles. The fourth-order valence-corrected chi connectivity index (χ4v) is 2.01. The molecule has 1 N–H and O–H groups in total. The van der Waals surface area contributed by atoms with Gasteiger partial charge in [-0.3, -0.25) is 4.79 Å². The topological polar surface area (TPSA) is 60.1 Å². The third kappa shape index (κ3) is 3.32. The molecule has 0 saturated carbocycles. The van der Waals surface area contributed by atoms with Gasteiger partial charge in [0.25, 0.3) is 0 Å². The third-order valence-corrected chi connectivity index (χ3v) is 3.10. The van der Waals surface area contributed by atoms with Crippen LogP contribution in [0.1, 0.15) is 11.5 Å². The van der Waals surface area contributed by atoms with Crippen LogP contribution in [-0.4, -0.2) is 15.5 Å². The molecule has 0 unspecified atom stereocenters. The van der Waals surface area contributed by atoms with E-state index in [2.05, 4.69) is 10.3 Å². The molecule has 0 bridgehead atoms. The average Bonchev–Trinajstić information content (AvgIpc) is 3.17. The molecule has 0 saturated heterocycles. The molecule has 5 nitrogen and oxygen atoms in total. The van der Waals surface area contributed by atoms with Crippen LogP contribution in [0.25, 0.3) is 11.8 Å². The molecule has 0 aliphatic rings. The number of carbonyl (C=O) groups is 1. The van der Waals surface area contributed by atoms with Gasteiger partial charge in [-0.25, -0.2) is 4.98 Å². The lowest BCUT2D eigenvalue weighted by molar-refractivity contribution is -0.111. The number of hydrogen-bond acceptors (Lipinski definition) is 3. The van der Waals surface area contributed by atoms with E-state index in [0.717, 1.165) is 17.1 Å². The molecule has 0 aliphatic heterocycles. The molecule has 5 heteroatoms. The number of imidazole rings is 1. The van der Waals surface area contributed by atoms with Gasteiger partial charge in [0.05, 0.1) is 6.33 Å². The highest BCUT2D eigenvalue weighted by Crippen LogP contribution is 2.13. The zero-order chi connectivity index (χ0) is 15.4. The van der Waals surface area contributed by atoms with Crippen LogP contribution in [0.2, 0.25) is 0 Å². The smallest absolute Gasteiger partial charge is 0.248 e. The van der Waals surface area contributed by atoms with Crippen LogP contribution in [0.5, 0.6) is 0 Å². The lowest BCUT2D eigenvalue weighted by atomic mass is 10.2. The van der Waals surface area contributed by atoms with Crippen LogP contribution < -0.4 is 5.32 Å². The molecule has 2 heterocycles. The Morgan fingerprint density at radius 2 is 2.05 bits per heavy atom. The summed E-state index contributed by atoms with van der Waals surface area (Å²) in [6.07, 6.45) is 8.39. The predicted molar refractivity (Wildman–Crippen MR) is 84.7 cm³/mol. The minimum atomic E-state index is -0.204. The van der Waals surface area contributed by atoms with Crippen molar-refractivity contribution in [3.05, 3.63) is 72.7 Å². The van der Waals surface area contributed by atoms with Gasteiger partial charge in [0.15, 0.2) is 0 Å². The van der Waals surface area contributed by atoms with Crippen molar-refractivity contribution in [2.24, 2.45) is 0 Å². The number of hydrogen-bond donors (Lipinski definition) is 1. The molecule has 3 rings (SSSR count). The first-order chi connectivity index (χ1) is 10.7. The van der Waals surface area contributed by atoms with Crippen molar-refractivity contribution >= 4 is 17.7 Å². The van der Waals surface area contributed by atoms with E-state index in [1.807, 2.05) is 54.1 Å². The maximum atomic E-state index is 11.9. The number of nitrogens with one attached hydrogen (secondary N) is 1. The number of benzene rings is 1. The zero-order valence-corrected chi connectivity index (χ0v) is 12.1. The van der Waals surface area contributed by atoms with Crippen LogP contribution in [0.15, 0.2) is 65.6 Å². The van der Waals surface area contributed by atoms with E-state index >= 15 is 0 Å². The highest BCUT2D eigenvalue weighted by Gasteiger charge is 2.00. The Kier molecular flexibility index (Phi) is 3.87. The van der Waals surface area contributed by atoms with Gasteiger partial charge >= 0.3 is 0 Å². The summed E-state index contributed by atoms with van der Waals surface area (Å²) in [5, 5.41) is 2.80. The van der Waals surface area contributed by atoms with Crippen molar-refractivity contribution in [2.75, 3.05) is 5.32 Å². The normalized spacial score (nSPS) is 11.0. The number of aromatic nitrogens is 2. The quantitative estimate of drug-likeness (QED) is 0.750. The van der Waals surface area contributed by atoms with E-state index in [1.165, 1.54) is 6.08 Å². The fraction of sp³-hybridized carbons (Fsp3) is 0.0588. The molecule has 110 valence electrons. The van der Waals surface area contributed by atoms with Crippen LogP contribution in [-0.2, 0) is 4.79 Å². The molecule has 1 amide bonds. The summed E-state index contributed by atoms with van der Waals surface area (Å²) >= 11 is 0. The minimum Gasteiger partial charge on any atom is -0.462 e. The van der Waals surface area contributed by atoms with Crippen LogP contribution >= 0.6 is 0 Å². The molecule has 2 aromatic heterocycles. The molecule has 0 atom stereocenters. The molecule has 1 aromatic carbocycles. The van der Waals surface area contributed by atoms with E-state index in [9.17, 15) is 4.79 Å². The summed E-state index contributed by atoms with van der Waals surface area (Å²) in [5.41, 5.74) is 1.71. The summed E-state index contributed by atoms with van der Waals surface area (Å²) in [7, 11) is 0.